The minimum absolute atomic E-state index is 0.0492. The normalized spacial score (nSPS) is 13.1. The van der Waals surface area contributed by atoms with Crippen LogP contribution in [0.25, 0.3) is 0 Å². The number of benzene rings is 2. The summed E-state index contributed by atoms with van der Waals surface area (Å²) < 4.78 is 11.4. The van der Waals surface area contributed by atoms with Gasteiger partial charge in [0.1, 0.15) is 25.3 Å². The monoisotopic (exact) mass is 384 g/mol. The number of hydrogen-bond acceptors (Lipinski definition) is 4. The fourth-order valence-corrected chi connectivity index (χ4v) is 3.52. The molecule has 2 aromatic carbocycles. The fraction of sp³-hybridized carbons (Fsp3) is 0.273. The lowest BCUT2D eigenvalue weighted by Gasteiger charge is -2.18. The van der Waals surface area contributed by atoms with Crippen LogP contribution >= 0.6 is 11.3 Å². The molecule has 1 aromatic heterocycles. The number of methoxy groups -OCH3 is 1. The standard InChI is InChI=1S/C22H25NO3S/c1-16(22(24)18-7-4-3-5-8-18)23-14-17-10-11-20(21(13-17)25-2)26-15-19-9-6-12-27-19/h3-13,16,22-24H,14-15H2,1-2H3/p+1/t16-,22+/m1/s1. The molecule has 0 radical (unpaired) electrons. The predicted molar refractivity (Wildman–Crippen MR) is 108 cm³/mol. The Morgan fingerprint density at radius 2 is 1.85 bits per heavy atom. The fourth-order valence-electron chi connectivity index (χ4n) is 2.91. The van der Waals surface area contributed by atoms with Crippen LogP contribution in [0.3, 0.4) is 0 Å². The molecule has 0 aliphatic carbocycles. The summed E-state index contributed by atoms with van der Waals surface area (Å²) in [5, 5.41) is 14.7. The van der Waals surface area contributed by atoms with Crippen molar-refractivity contribution in [3.05, 3.63) is 82.0 Å². The first-order chi connectivity index (χ1) is 13.2. The Labute approximate surface area is 164 Å². The topological polar surface area (TPSA) is 55.3 Å². The number of aliphatic hydroxyl groups is 1. The summed E-state index contributed by atoms with van der Waals surface area (Å²) in [6.45, 7) is 3.33. The van der Waals surface area contributed by atoms with Crippen LogP contribution in [0.1, 0.15) is 29.0 Å². The van der Waals surface area contributed by atoms with Gasteiger partial charge < -0.3 is 19.9 Å². The Bertz CT molecular complexity index is 821. The zero-order valence-electron chi connectivity index (χ0n) is 15.7. The third-order valence-corrected chi connectivity index (χ3v) is 5.39. The van der Waals surface area contributed by atoms with Gasteiger partial charge in [-0.1, -0.05) is 36.4 Å². The Balaban J connectivity index is 1.58. The highest BCUT2D eigenvalue weighted by atomic mass is 32.1. The number of hydrogen-bond donors (Lipinski definition) is 2. The summed E-state index contributed by atoms with van der Waals surface area (Å²) in [5.41, 5.74) is 2.07. The van der Waals surface area contributed by atoms with Crippen molar-refractivity contribution in [2.45, 2.75) is 32.2 Å². The van der Waals surface area contributed by atoms with E-state index in [2.05, 4.69) is 11.4 Å². The summed E-state index contributed by atoms with van der Waals surface area (Å²) in [6, 6.07) is 19.9. The molecule has 3 aromatic rings. The number of rotatable bonds is 9. The zero-order chi connectivity index (χ0) is 19.1. The molecule has 1 heterocycles. The highest BCUT2D eigenvalue weighted by Crippen LogP contribution is 2.29. The molecule has 0 fully saturated rings. The van der Waals surface area contributed by atoms with E-state index >= 15 is 0 Å². The molecule has 0 bridgehead atoms. The molecule has 2 atom stereocenters. The zero-order valence-corrected chi connectivity index (χ0v) is 16.5. The molecule has 27 heavy (non-hydrogen) atoms. The van der Waals surface area contributed by atoms with Gasteiger partial charge in [0.2, 0.25) is 0 Å². The molecule has 0 aliphatic rings. The van der Waals surface area contributed by atoms with Crippen LogP contribution in [-0.2, 0) is 13.2 Å². The lowest BCUT2D eigenvalue weighted by Crippen LogP contribution is -2.88. The average Bonchev–Trinajstić information content (AvgIpc) is 3.24. The molecule has 0 spiro atoms. The van der Waals surface area contributed by atoms with Crippen molar-refractivity contribution in [2.24, 2.45) is 0 Å². The van der Waals surface area contributed by atoms with Gasteiger partial charge in [-0.3, -0.25) is 0 Å². The molecule has 0 amide bonds. The van der Waals surface area contributed by atoms with Gasteiger partial charge in [-0.15, -0.1) is 11.3 Å². The van der Waals surface area contributed by atoms with Crippen molar-refractivity contribution in [1.29, 1.82) is 0 Å². The highest BCUT2D eigenvalue weighted by molar-refractivity contribution is 7.09. The summed E-state index contributed by atoms with van der Waals surface area (Å²) in [4.78, 5) is 1.18. The van der Waals surface area contributed by atoms with Gasteiger partial charge in [-0.2, -0.15) is 0 Å². The second-order valence-corrected chi connectivity index (χ2v) is 7.54. The van der Waals surface area contributed by atoms with Gasteiger partial charge >= 0.3 is 0 Å². The third kappa shape index (κ3) is 5.32. The molecule has 3 rings (SSSR count). The van der Waals surface area contributed by atoms with E-state index in [4.69, 9.17) is 9.47 Å². The van der Waals surface area contributed by atoms with E-state index < -0.39 is 6.10 Å². The molecule has 142 valence electrons. The van der Waals surface area contributed by atoms with Crippen molar-refractivity contribution in [1.82, 2.24) is 0 Å². The second-order valence-electron chi connectivity index (χ2n) is 6.51. The van der Waals surface area contributed by atoms with Gasteiger partial charge in [0.25, 0.3) is 0 Å². The maximum absolute atomic E-state index is 10.5. The first-order valence-corrected chi connectivity index (χ1v) is 9.93. The molecule has 0 saturated carbocycles. The van der Waals surface area contributed by atoms with Gasteiger partial charge in [0.05, 0.1) is 7.11 Å². The molecule has 0 unspecified atom stereocenters. The molecule has 5 heteroatoms. The highest BCUT2D eigenvalue weighted by Gasteiger charge is 2.19. The minimum atomic E-state index is -0.499. The van der Waals surface area contributed by atoms with Gasteiger partial charge in [-0.25, -0.2) is 0 Å². The van der Waals surface area contributed by atoms with E-state index in [1.165, 1.54) is 4.88 Å². The van der Waals surface area contributed by atoms with Crippen molar-refractivity contribution in [3.63, 3.8) is 0 Å². The van der Waals surface area contributed by atoms with Gasteiger partial charge in [-0.05, 0) is 42.1 Å². The Morgan fingerprint density at radius 3 is 2.56 bits per heavy atom. The van der Waals surface area contributed by atoms with E-state index in [0.717, 1.165) is 29.2 Å². The van der Waals surface area contributed by atoms with Crippen molar-refractivity contribution >= 4 is 11.3 Å². The predicted octanol–water partition coefficient (Wildman–Crippen LogP) is 3.52. The summed E-state index contributed by atoms with van der Waals surface area (Å²) >= 11 is 1.68. The van der Waals surface area contributed by atoms with Gasteiger partial charge in [0.15, 0.2) is 11.5 Å². The minimum Gasteiger partial charge on any atom is -0.493 e. The number of quaternary nitrogens is 1. The lowest BCUT2D eigenvalue weighted by atomic mass is 10.0. The quantitative estimate of drug-likeness (QED) is 0.593. The SMILES string of the molecule is COc1cc(C[NH2+][C@H](C)[C@H](O)c2ccccc2)ccc1OCc1cccs1. The molecule has 0 saturated heterocycles. The van der Waals surface area contributed by atoms with Crippen molar-refractivity contribution in [2.75, 3.05) is 7.11 Å². The Morgan fingerprint density at radius 1 is 1.04 bits per heavy atom. The van der Waals surface area contributed by atoms with Crippen LogP contribution in [0.4, 0.5) is 0 Å². The van der Waals surface area contributed by atoms with Crippen LogP contribution in [0.15, 0.2) is 66.0 Å². The number of ether oxygens (including phenoxy) is 2. The molecular formula is C22H26NO3S+. The number of nitrogens with two attached hydrogens (primary N) is 1. The first kappa shape index (κ1) is 19.4. The Kier molecular flexibility index (Phi) is 6.87. The van der Waals surface area contributed by atoms with Gasteiger partial charge in [0, 0.05) is 10.4 Å². The largest absolute Gasteiger partial charge is 0.493 e. The maximum Gasteiger partial charge on any atom is 0.161 e. The van der Waals surface area contributed by atoms with E-state index in [1.54, 1.807) is 18.4 Å². The van der Waals surface area contributed by atoms with E-state index in [0.29, 0.717) is 6.61 Å². The van der Waals surface area contributed by atoms with Crippen LogP contribution in [0.5, 0.6) is 11.5 Å². The second kappa shape index (κ2) is 9.55. The van der Waals surface area contributed by atoms with E-state index in [9.17, 15) is 5.11 Å². The number of thiophene rings is 1. The average molecular weight is 385 g/mol. The molecule has 0 aliphatic heterocycles. The number of aliphatic hydroxyl groups excluding tert-OH is 1. The lowest BCUT2D eigenvalue weighted by molar-refractivity contribution is -0.709. The van der Waals surface area contributed by atoms with Crippen LogP contribution < -0.4 is 14.8 Å². The van der Waals surface area contributed by atoms with Crippen LogP contribution in [0, 0.1) is 0 Å². The van der Waals surface area contributed by atoms with Crippen molar-refractivity contribution < 1.29 is 19.9 Å². The molecule has 4 nitrogen and oxygen atoms in total. The summed E-state index contributed by atoms with van der Waals surface area (Å²) in [6.07, 6.45) is -0.499. The third-order valence-electron chi connectivity index (χ3n) is 4.54. The smallest absolute Gasteiger partial charge is 0.161 e. The summed E-state index contributed by atoms with van der Waals surface area (Å²) in [7, 11) is 1.66. The molecule has 3 N–H and O–H groups in total. The van der Waals surface area contributed by atoms with Crippen LogP contribution in [0.2, 0.25) is 0 Å². The first-order valence-electron chi connectivity index (χ1n) is 9.06. The molecular weight excluding hydrogens is 358 g/mol. The Hall–Kier alpha value is -2.34. The van der Waals surface area contributed by atoms with Crippen molar-refractivity contribution in [3.8, 4) is 11.5 Å². The summed E-state index contributed by atoms with van der Waals surface area (Å²) in [5.74, 6) is 1.47. The van der Waals surface area contributed by atoms with E-state index in [1.807, 2.05) is 66.9 Å². The van der Waals surface area contributed by atoms with E-state index in [-0.39, 0.29) is 6.04 Å². The maximum atomic E-state index is 10.5. The van der Waals surface area contributed by atoms with Crippen LogP contribution in [-0.4, -0.2) is 18.3 Å².